The molecule has 2 rings (SSSR count). The normalized spacial score (nSPS) is 10.5. The highest BCUT2D eigenvalue weighted by Crippen LogP contribution is 2.24. The van der Waals surface area contributed by atoms with Gasteiger partial charge in [-0.15, -0.1) is 0 Å². The van der Waals surface area contributed by atoms with E-state index in [-0.39, 0.29) is 0 Å². The van der Waals surface area contributed by atoms with Crippen LogP contribution in [0.15, 0.2) is 24.3 Å². The van der Waals surface area contributed by atoms with E-state index in [1.54, 1.807) is 7.11 Å². The number of aromatic nitrogens is 2. The molecule has 1 heterocycles. The number of hydrogen-bond acceptors (Lipinski definition) is 3. The molecule has 0 amide bonds. The Morgan fingerprint density at radius 2 is 1.74 bits per heavy atom. The summed E-state index contributed by atoms with van der Waals surface area (Å²) < 4.78 is 5.30. The average molecular weight is 297 g/mol. The summed E-state index contributed by atoms with van der Waals surface area (Å²) in [6.45, 7) is 1.97. The van der Waals surface area contributed by atoms with E-state index in [9.17, 15) is 0 Å². The summed E-state index contributed by atoms with van der Waals surface area (Å²) in [5.41, 5.74) is 1.79. The van der Waals surface area contributed by atoms with Crippen molar-refractivity contribution in [3.8, 4) is 5.75 Å². The summed E-state index contributed by atoms with van der Waals surface area (Å²) in [4.78, 5) is 8.58. The van der Waals surface area contributed by atoms with Crippen molar-refractivity contribution in [2.45, 2.75) is 19.8 Å². The second kappa shape index (κ2) is 6.22. The molecular weight excluding hydrogens is 283 g/mol. The predicted octanol–water partition coefficient (Wildman–Crippen LogP) is 3.95. The van der Waals surface area contributed by atoms with E-state index in [4.69, 9.17) is 27.9 Å². The van der Waals surface area contributed by atoms with Crippen molar-refractivity contribution in [1.82, 2.24) is 9.97 Å². The Kier molecular flexibility index (Phi) is 4.61. The van der Waals surface area contributed by atoms with Crippen molar-refractivity contribution in [3.05, 3.63) is 51.5 Å². The van der Waals surface area contributed by atoms with Crippen molar-refractivity contribution >= 4 is 23.2 Å². The van der Waals surface area contributed by atoms with E-state index in [1.165, 1.54) is 0 Å². The fourth-order valence-corrected chi connectivity index (χ4v) is 2.55. The van der Waals surface area contributed by atoms with Crippen LogP contribution >= 0.6 is 23.2 Å². The molecule has 0 saturated heterocycles. The molecule has 0 atom stereocenters. The Bertz CT molecular complexity index is 564. The maximum Gasteiger partial charge on any atom is 0.137 e. The summed E-state index contributed by atoms with van der Waals surface area (Å²) in [7, 11) is 1.64. The Morgan fingerprint density at radius 1 is 1.11 bits per heavy atom. The molecule has 19 heavy (non-hydrogen) atoms. The van der Waals surface area contributed by atoms with E-state index in [1.807, 2.05) is 31.2 Å². The number of rotatable bonds is 4. The van der Waals surface area contributed by atoms with Crippen molar-refractivity contribution in [2.75, 3.05) is 7.11 Å². The van der Waals surface area contributed by atoms with Crippen LogP contribution in [0.1, 0.15) is 23.9 Å². The summed E-state index contributed by atoms with van der Waals surface area (Å²) in [6.07, 6.45) is 1.25. The first-order valence-corrected chi connectivity index (χ1v) is 6.74. The fourth-order valence-electron chi connectivity index (χ4n) is 1.86. The van der Waals surface area contributed by atoms with Crippen LogP contribution in [0, 0.1) is 0 Å². The van der Waals surface area contributed by atoms with Crippen molar-refractivity contribution in [2.24, 2.45) is 0 Å². The minimum atomic E-state index is 0.424. The predicted molar refractivity (Wildman–Crippen MR) is 77.2 cm³/mol. The van der Waals surface area contributed by atoms with Crippen LogP contribution in [-0.4, -0.2) is 17.1 Å². The highest BCUT2D eigenvalue weighted by atomic mass is 35.5. The van der Waals surface area contributed by atoms with Gasteiger partial charge in [0.1, 0.15) is 21.9 Å². The number of benzene rings is 1. The number of nitrogens with zero attached hydrogens (tertiary/aromatic N) is 2. The Morgan fingerprint density at radius 3 is 2.32 bits per heavy atom. The average Bonchev–Trinajstić information content (AvgIpc) is 2.39. The third kappa shape index (κ3) is 3.17. The van der Waals surface area contributed by atoms with Crippen LogP contribution in [0.2, 0.25) is 10.3 Å². The van der Waals surface area contributed by atoms with Crippen LogP contribution in [-0.2, 0) is 12.8 Å². The number of para-hydroxylation sites is 1. The maximum absolute atomic E-state index is 6.11. The topological polar surface area (TPSA) is 35.0 Å². The third-order valence-electron chi connectivity index (χ3n) is 2.85. The van der Waals surface area contributed by atoms with E-state index in [2.05, 4.69) is 9.97 Å². The minimum absolute atomic E-state index is 0.424. The Labute approximate surface area is 122 Å². The largest absolute Gasteiger partial charge is 0.496 e. The van der Waals surface area contributed by atoms with E-state index in [0.29, 0.717) is 29.0 Å². The van der Waals surface area contributed by atoms with Gasteiger partial charge in [-0.2, -0.15) is 0 Å². The zero-order valence-electron chi connectivity index (χ0n) is 10.8. The second-order valence-electron chi connectivity index (χ2n) is 4.04. The van der Waals surface area contributed by atoms with Crippen LogP contribution < -0.4 is 4.74 Å². The van der Waals surface area contributed by atoms with Gasteiger partial charge in [-0.25, -0.2) is 9.97 Å². The van der Waals surface area contributed by atoms with Gasteiger partial charge < -0.3 is 4.74 Å². The summed E-state index contributed by atoms with van der Waals surface area (Å²) >= 11 is 12.2. The zero-order chi connectivity index (χ0) is 13.8. The van der Waals surface area contributed by atoms with Gasteiger partial charge in [0.05, 0.1) is 7.11 Å². The molecule has 0 spiro atoms. The lowest BCUT2D eigenvalue weighted by atomic mass is 10.1. The van der Waals surface area contributed by atoms with Crippen LogP contribution in [0.4, 0.5) is 0 Å². The fraction of sp³-hybridized carbons (Fsp3) is 0.286. The summed E-state index contributed by atoms with van der Waals surface area (Å²) in [5, 5.41) is 0.847. The number of hydrogen-bond donors (Lipinski definition) is 0. The van der Waals surface area contributed by atoms with Crippen LogP contribution in [0.5, 0.6) is 5.75 Å². The first-order valence-electron chi connectivity index (χ1n) is 5.98. The molecule has 0 unspecified atom stereocenters. The summed E-state index contributed by atoms with van der Waals surface area (Å²) in [6, 6.07) is 7.74. The van der Waals surface area contributed by atoms with Gasteiger partial charge in [-0.05, 0) is 12.5 Å². The first kappa shape index (κ1) is 14.1. The van der Waals surface area contributed by atoms with E-state index in [0.717, 1.165) is 16.9 Å². The molecule has 0 fully saturated rings. The molecule has 100 valence electrons. The highest BCUT2D eigenvalue weighted by molar-refractivity contribution is 6.34. The van der Waals surface area contributed by atoms with Gasteiger partial charge >= 0.3 is 0 Å². The van der Waals surface area contributed by atoms with Crippen molar-refractivity contribution < 1.29 is 4.74 Å². The van der Waals surface area contributed by atoms with Gasteiger partial charge in [0.25, 0.3) is 0 Å². The molecule has 5 heteroatoms. The Hall–Kier alpha value is -1.32. The van der Waals surface area contributed by atoms with Crippen LogP contribution in [0.3, 0.4) is 0 Å². The molecule has 0 aliphatic carbocycles. The van der Waals surface area contributed by atoms with E-state index < -0.39 is 0 Å². The number of methoxy groups -OCH3 is 1. The molecule has 1 aromatic heterocycles. The molecule has 0 saturated carbocycles. The monoisotopic (exact) mass is 296 g/mol. The molecule has 0 aliphatic rings. The van der Waals surface area contributed by atoms with Gasteiger partial charge in [0.15, 0.2) is 0 Å². The number of halogens is 2. The molecule has 0 N–H and O–H groups in total. The molecule has 2 aromatic rings. The molecule has 0 radical (unpaired) electrons. The molecule has 3 nitrogen and oxygen atoms in total. The van der Waals surface area contributed by atoms with Gasteiger partial charge in [-0.3, -0.25) is 0 Å². The smallest absolute Gasteiger partial charge is 0.137 e. The van der Waals surface area contributed by atoms with E-state index >= 15 is 0 Å². The van der Waals surface area contributed by atoms with Crippen molar-refractivity contribution in [1.29, 1.82) is 0 Å². The first-order chi connectivity index (χ1) is 9.15. The summed E-state index contributed by atoms with van der Waals surface area (Å²) in [5.74, 6) is 1.40. The SMILES string of the molecule is CCc1c(Cl)nc(Cc2ccccc2OC)nc1Cl. The quantitative estimate of drug-likeness (QED) is 0.802. The molecular formula is C14H14Cl2N2O. The zero-order valence-corrected chi connectivity index (χ0v) is 12.3. The lowest BCUT2D eigenvalue weighted by Gasteiger charge is -2.09. The molecule has 0 aliphatic heterocycles. The second-order valence-corrected chi connectivity index (χ2v) is 4.76. The van der Waals surface area contributed by atoms with Crippen LogP contribution in [0.25, 0.3) is 0 Å². The Balaban J connectivity index is 2.34. The minimum Gasteiger partial charge on any atom is -0.496 e. The number of ether oxygens (including phenoxy) is 1. The highest BCUT2D eigenvalue weighted by Gasteiger charge is 2.11. The third-order valence-corrected chi connectivity index (χ3v) is 3.47. The van der Waals surface area contributed by atoms with Crippen molar-refractivity contribution in [3.63, 3.8) is 0 Å². The lowest BCUT2D eigenvalue weighted by molar-refractivity contribution is 0.410. The van der Waals surface area contributed by atoms with Gasteiger partial charge in [0.2, 0.25) is 0 Å². The maximum atomic E-state index is 6.11. The molecule has 1 aromatic carbocycles. The lowest BCUT2D eigenvalue weighted by Crippen LogP contribution is -2.02. The standard InChI is InChI=1S/C14H14Cl2N2O/c1-3-10-13(15)17-12(18-14(10)16)8-9-6-4-5-7-11(9)19-2/h4-7H,3,8H2,1-2H3. The van der Waals surface area contributed by atoms with Gasteiger partial charge in [0, 0.05) is 17.5 Å². The molecule has 0 bridgehead atoms. The van der Waals surface area contributed by atoms with Gasteiger partial charge in [-0.1, -0.05) is 48.3 Å².